The Balaban J connectivity index is 1.76. The van der Waals surface area contributed by atoms with E-state index in [-0.39, 0.29) is 22.7 Å². The van der Waals surface area contributed by atoms with E-state index in [9.17, 15) is 17.6 Å². The zero-order chi connectivity index (χ0) is 18.6. The molecule has 0 fully saturated rings. The summed E-state index contributed by atoms with van der Waals surface area (Å²) in [7, 11) is -3.96. The van der Waals surface area contributed by atoms with Gasteiger partial charge in [0.2, 0.25) is 0 Å². The van der Waals surface area contributed by atoms with Gasteiger partial charge in [0.05, 0.1) is 23.4 Å². The van der Waals surface area contributed by atoms with Crippen molar-refractivity contribution in [1.29, 1.82) is 0 Å². The lowest BCUT2D eigenvalue weighted by Crippen LogP contribution is -2.23. The number of carbonyl (C=O) groups excluding carboxylic acids is 1. The first kappa shape index (κ1) is 17.7. The van der Waals surface area contributed by atoms with Gasteiger partial charge in [0.1, 0.15) is 11.6 Å². The standard InChI is InChI=1S/C18H15FN2O4S/c19-14-5-2-6-15(11-14)21-26(23,24)17-8-1-4-13(10-17)18(22)20-12-16-7-3-9-25-16/h1-11,21H,12H2,(H,20,22). The summed E-state index contributed by atoms with van der Waals surface area (Å²) in [4.78, 5) is 12.1. The predicted octanol–water partition coefficient (Wildman–Crippen LogP) is 3.15. The summed E-state index contributed by atoms with van der Waals surface area (Å²) in [5.74, 6) is -0.421. The highest BCUT2D eigenvalue weighted by atomic mass is 32.2. The van der Waals surface area contributed by atoms with Crippen LogP contribution in [0.15, 0.2) is 76.2 Å². The first-order chi connectivity index (χ1) is 12.4. The fourth-order valence-electron chi connectivity index (χ4n) is 2.25. The summed E-state index contributed by atoms with van der Waals surface area (Å²) in [6, 6.07) is 14.1. The molecule has 134 valence electrons. The normalized spacial score (nSPS) is 11.1. The quantitative estimate of drug-likeness (QED) is 0.694. The third kappa shape index (κ3) is 4.28. The van der Waals surface area contributed by atoms with Crippen LogP contribution in [0.25, 0.3) is 0 Å². The average molecular weight is 374 g/mol. The number of nitrogens with one attached hydrogen (secondary N) is 2. The highest BCUT2D eigenvalue weighted by Gasteiger charge is 2.17. The molecule has 2 N–H and O–H groups in total. The van der Waals surface area contributed by atoms with Gasteiger partial charge in [-0.3, -0.25) is 9.52 Å². The number of benzene rings is 2. The third-order valence-electron chi connectivity index (χ3n) is 3.49. The van der Waals surface area contributed by atoms with Crippen LogP contribution in [0.4, 0.5) is 10.1 Å². The van der Waals surface area contributed by atoms with Crippen LogP contribution in [0.2, 0.25) is 0 Å². The lowest BCUT2D eigenvalue weighted by Gasteiger charge is -2.10. The number of amides is 1. The fourth-order valence-corrected chi connectivity index (χ4v) is 3.35. The maximum Gasteiger partial charge on any atom is 0.261 e. The molecule has 0 aliphatic carbocycles. The molecule has 26 heavy (non-hydrogen) atoms. The van der Waals surface area contributed by atoms with Crippen molar-refractivity contribution < 1.29 is 22.0 Å². The number of rotatable bonds is 6. The topological polar surface area (TPSA) is 88.4 Å². The van der Waals surface area contributed by atoms with Crippen molar-refractivity contribution in [3.63, 3.8) is 0 Å². The number of carbonyl (C=O) groups is 1. The van der Waals surface area contributed by atoms with E-state index in [4.69, 9.17) is 4.42 Å². The Morgan fingerprint density at radius 3 is 2.58 bits per heavy atom. The Hall–Kier alpha value is -3.13. The van der Waals surface area contributed by atoms with Gasteiger partial charge in [-0.2, -0.15) is 0 Å². The van der Waals surface area contributed by atoms with Crippen LogP contribution in [0, 0.1) is 5.82 Å². The summed E-state index contributed by atoms with van der Waals surface area (Å²) in [5, 5.41) is 2.64. The van der Waals surface area contributed by atoms with Crippen molar-refractivity contribution in [1.82, 2.24) is 5.32 Å². The number of anilines is 1. The molecule has 1 aromatic heterocycles. The molecule has 0 spiro atoms. The van der Waals surface area contributed by atoms with Crippen LogP contribution in [0.5, 0.6) is 0 Å². The largest absolute Gasteiger partial charge is 0.467 e. The van der Waals surface area contributed by atoms with E-state index in [1.165, 1.54) is 48.7 Å². The molecule has 3 rings (SSSR count). The van der Waals surface area contributed by atoms with Crippen molar-refractivity contribution >= 4 is 21.6 Å². The van der Waals surface area contributed by atoms with Gasteiger partial charge >= 0.3 is 0 Å². The molecule has 0 radical (unpaired) electrons. The predicted molar refractivity (Wildman–Crippen MR) is 93.5 cm³/mol. The van der Waals surface area contributed by atoms with Crippen LogP contribution in [0.1, 0.15) is 16.1 Å². The highest BCUT2D eigenvalue weighted by Crippen LogP contribution is 2.18. The summed E-state index contributed by atoms with van der Waals surface area (Å²) in [6.45, 7) is 0.185. The SMILES string of the molecule is O=C(NCc1ccco1)c1cccc(S(=O)(=O)Nc2cccc(F)c2)c1. The number of sulfonamides is 1. The molecule has 0 saturated carbocycles. The second-order valence-electron chi connectivity index (χ2n) is 5.41. The average Bonchev–Trinajstić information content (AvgIpc) is 3.13. The summed E-state index contributed by atoms with van der Waals surface area (Å²) < 4.78 is 45.5. The zero-order valence-corrected chi connectivity index (χ0v) is 14.3. The number of hydrogen-bond donors (Lipinski definition) is 2. The molecule has 1 heterocycles. The minimum atomic E-state index is -3.96. The molecule has 0 aliphatic heterocycles. The van der Waals surface area contributed by atoms with Gasteiger partial charge in [-0.05, 0) is 48.5 Å². The lowest BCUT2D eigenvalue weighted by atomic mass is 10.2. The summed E-state index contributed by atoms with van der Waals surface area (Å²) in [6.07, 6.45) is 1.49. The first-order valence-electron chi connectivity index (χ1n) is 7.63. The minimum absolute atomic E-state index is 0.0951. The van der Waals surface area contributed by atoms with Gasteiger partial charge < -0.3 is 9.73 Å². The Kier molecular flexibility index (Phi) is 5.04. The van der Waals surface area contributed by atoms with Crippen LogP contribution in [-0.4, -0.2) is 14.3 Å². The van der Waals surface area contributed by atoms with Crippen molar-refractivity contribution in [2.45, 2.75) is 11.4 Å². The van der Waals surface area contributed by atoms with Gasteiger partial charge in [-0.25, -0.2) is 12.8 Å². The summed E-state index contributed by atoms with van der Waals surface area (Å²) >= 11 is 0. The maximum absolute atomic E-state index is 13.2. The molecular formula is C18H15FN2O4S. The fraction of sp³-hybridized carbons (Fsp3) is 0.0556. The van der Waals surface area contributed by atoms with Crippen molar-refractivity contribution in [3.05, 3.63) is 84.1 Å². The third-order valence-corrected chi connectivity index (χ3v) is 4.87. The smallest absolute Gasteiger partial charge is 0.261 e. The second-order valence-corrected chi connectivity index (χ2v) is 7.09. The molecule has 1 amide bonds. The van der Waals surface area contributed by atoms with Crippen LogP contribution >= 0.6 is 0 Å². The molecule has 8 heteroatoms. The maximum atomic E-state index is 13.2. The van der Waals surface area contributed by atoms with Crippen LogP contribution in [-0.2, 0) is 16.6 Å². The molecule has 2 aromatic carbocycles. The van der Waals surface area contributed by atoms with Crippen molar-refractivity contribution in [2.24, 2.45) is 0 Å². The van der Waals surface area contributed by atoms with E-state index in [0.717, 1.165) is 6.07 Å². The van der Waals surface area contributed by atoms with Gasteiger partial charge in [-0.15, -0.1) is 0 Å². The van der Waals surface area contributed by atoms with Gasteiger partial charge in [0.15, 0.2) is 0 Å². The van der Waals surface area contributed by atoms with Gasteiger partial charge in [-0.1, -0.05) is 12.1 Å². The van der Waals surface area contributed by atoms with Crippen molar-refractivity contribution in [3.8, 4) is 0 Å². The Morgan fingerprint density at radius 2 is 1.85 bits per heavy atom. The number of furan rings is 1. The van der Waals surface area contributed by atoms with E-state index < -0.39 is 21.7 Å². The van der Waals surface area contributed by atoms with Gasteiger partial charge in [0.25, 0.3) is 15.9 Å². The van der Waals surface area contributed by atoms with E-state index in [2.05, 4.69) is 10.0 Å². The molecule has 0 saturated heterocycles. The van der Waals surface area contributed by atoms with E-state index in [0.29, 0.717) is 5.76 Å². The molecule has 3 aromatic rings. The van der Waals surface area contributed by atoms with Crippen LogP contribution in [0.3, 0.4) is 0 Å². The second kappa shape index (κ2) is 7.40. The van der Waals surface area contributed by atoms with Crippen molar-refractivity contribution in [2.75, 3.05) is 4.72 Å². The molecule has 0 bridgehead atoms. The van der Waals surface area contributed by atoms with E-state index >= 15 is 0 Å². The Bertz CT molecular complexity index is 1020. The van der Waals surface area contributed by atoms with E-state index in [1.54, 1.807) is 12.1 Å². The molecule has 0 aliphatic rings. The van der Waals surface area contributed by atoms with Crippen LogP contribution < -0.4 is 10.0 Å². The highest BCUT2D eigenvalue weighted by molar-refractivity contribution is 7.92. The number of hydrogen-bond acceptors (Lipinski definition) is 4. The molecular weight excluding hydrogens is 359 g/mol. The molecule has 6 nitrogen and oxygen atoms in total. The molecule has 0 unspecified atom stereocenters. The molecule has 0 atom stereocenters. The summed E-state index contributed by atoms with van der Waals surface area (Å²) in [5.41, 5.74) is 0.274. The van der Waals surface area contributed by atoms with E-state index in [1.807, 2.05) is 0 Å². The monoisotopic (exact) mass is 374 g/mol. The number of halogens is 1. The Labute approximate surface area is 149 Å². The Morgan fingerprint density at radius 1 is 1.04 bits per heavy atom. The zero-order valence-electron chi connectivity index (χ0n) is 13.5. The van der Waals surface area contributed by atoms with Gasteiger partial charge in [0, 0.05) is 5.56 Å². The minimum Gasteiger partial charge on any atom is -0.467 e. The lowest BCUT2D eigenvalue weighted by molar-refractivity contribution is 0.0948. The first-order valence-corrected chi connectivity index (χ1v) is 9.11.